The number of hydrogen-bond donors (Lipinski definition) is 3. The lowest BCUT2D eigenvalue weighted by Gasteiger charge is -2.44. The number of benzene rings is 1. The van der Waals surface area contributed by atoms with Crippen LogP contribution in [0.15, 0.2) is 29.8 Å². The maximum atomic E-state index is 13.3. The first-order valence-electron chi connectivity index (χ1n) is 9.74. The molecule has 2 atom stereocenters. The molecule has 5 nitrogen and oxygen atoms in total. The zero-order valence-corrected chi connectivity index (χ0v) is 15.6. The fourth-order valence-electron chi connectivity index (χ4n) is 4.55. The van der Waals surface area contributed by atoms with Crippen molar-refractivity contribution in [2.45, 2.75) is 51.2 Å². The lowest BCUT2D eigenvalue weighted by atomic mass is 9.78. The summed E-state index contributed by atoms with van der Waals surface area (Å²) in [4.78, 5) is 15.4. The molecule has 3 rings (SSSR count). The summed E-state index contributed by atoms with van der Waals surface area (Å²) in [6.07, 6.45) is 8.31. The second-order valence-electron chi connectivity index (χ2n) is 7.37. The van der Waals surface area contributed by atoms with Gasteiger partial charge in [-0.3, -0.25) is 4.79 Å². The van der Waals surface area contributed by atoms with Crippen LogP contribution in [0, 0.1) is 11.3 Å². The molecule has 1 saturated carbocycles. The number of carbonyl (C=O) groups excluding carboxylic acids is 1. The van der Waals surface area contributed by atoms with Crippen LogP contribution < -0.4 is 5.32 Å². The molecule has 26 heavy (non-hydrogen) atoms. The van der Waals surface area contributed by atoms with E-state index >= 15 is 0 Å². The number of aliphatic hydroxyl groups excluding tert-OH is 1. The number of likely N-dealkylation sites (tertiary alicyclic amines) is 1. The normalized spacial score (nSPS) is 23.8. The first-order valence-corrected chi connectivity index (χ1v) is 9.74. The van der Waals surface area contributed by atoms with Crippen molar-refractivity contribution in [1.29, 1.82) is 5.41 Å². The van der Waals surface area contributed by atoms with Gasteiger partial charge in [-0.1, -0.05) is 25.0 Å². The number of rotatable bonds is 5. The van der Waals surface area contributed by atoms with Crippen molar-refractivity contribution in [3.8, 4) is 0 Å². The Bertz CT molecular complexity index is 679. The van der Waals surface area contributed by atoms with Gasteiger partial charge in [-0.05, 0) is 49.3 Å². The minimum absolute atomic E-state index is 0.00235. The van der Waals surface area contributed by atoms with E-state index in [2.05, 4.69) is 0 Å². The number of aliphatic hydroxyl groups is 1. The van der Waals surface area contributed by atoms with Gasteiger partial charge in [-0.2, -0.15) is 0 Å². The third-order valence-electron chi connectivity index (χ3n) is 5.91. The zero-order valence-electron chi connectivity index (χ0n) is 15.6. The van der Waals surface area contributed by atoms with E-state index in [9.17, 15) is 9.90 Å². The molecule has 1 aromatic carbocycles. The van der Waals surface area contributed by atoms with E-state index in [1.54, 1.807) is 0 Å². The van der Waals surface area contributed by atoms with Crippen molar-refractivity contribution in [3.63, 3.8) is 0 Å². The molecular formula is C21H30N3O2+. The average Bonchev–Trinajstić information content (AvgIpc) is 2.71. The van der Waals surface area contributed by atoms with E-state index in [1.165, 1.54) is 31.9 Å². The fourth-order valence-corrected chi connectivity index (χ4v) is 4.55. The summed E-state index contributed by atoms with van der Waals surface area (Å²) in [5.41, 5.74) is 3.02. The van der Waals surface area contributed by atoms with E-state index in [1.807, 2.05) is 41.5 Å². The molecule has 0 radical (unpaired) electrons. The number of carbonyl (C=O) groups is 1. The van der Waals surface area contributed by atoms with E-state index in [4.69, 9.17) is 5.41 Å². The van der Waals surface area contributed by atoms with Crippen molar-refractivity contribution in [2.24, 2.45) is 5.92 Å². The number of nitrogens with two attached hydrogens (primary N) is 1. The number of fused-ring (bicyclic) bond motifs is 1. The highest BCUT2D eigenvalue weighted by atomic mass is 16.3. The Balaban J connectivity index is 1.92. The maximum absolute atomic E-state index is 13.3. The second-order valence-corrected chi connectivity index (χ2v) is 7.37. The highest BCUT2D eigenvalue weighted by Gasteiger charge is 2.37. The van der Waals surface area contributed by atoms with Crippen LogP contribution in [0.4, 0.5) is 0 Å². The zero-order chi connectivity index (χ0) is 18.5. The number of piperidine rings is 1. The van der Waals surface area contributed by atoms with Gasteiger partial charge < -0.3 is 20.7 Å². The Morgan fingerprint density at radius 3 is 2.58 bits per heavy atom. The summed E-state index contributed by atoms with van der Waals surface area (Å²) in [6, 6.07) is 7.90. The Labute approximate surface area is 155 Å². The van der Waals surface area contributed by atoms with Gasteiger partial charge in [0.2, 0.25) is 0 Å². The lowest BCUT2D eigenvalue weighted by molar-refractivity contribution is -0.530. The monoisotopic (exact) mass is 356 g/mol. The second kappa shape index (κ2) is 8.60. The molecule has 4 N–H and O–H groups in total. The number of amides is 1. The number of nitrogens with zero attached hydrogens (tertiary/aromatic N) is 1. The molecule has 1 aliphatic carbocycles. The maximum Gasteiger partial charge on any atom is 0.261 e. The van der Waals surface area contributed by atoms with Gasteiger partial charge in [0, 0.05) is 24.4 Å². The molecule has 1 heterocycles. The van der Waals surface area contributed by atoms with Gasteiger partial charge in [0.25, 0.3) is 5.91 Å². The SMILES string of the molecule is C[NH2+]C(=C(C=N)C(=O)N1CCCC2CCCCC21)c1ccc(CO)cc1. The van der Waals surface area contributed by atoms with Crippen LogP contribution in [0.1, 0.15) is 49.7 Å². The van der Waals surface area contributed by atoms with Gasteiger partial charge in [-0.25, -0.2) is 0 Å². The fraction of sp³-hybridized carbons (Fsp3) is 0.524. The van der Waals surface area contributed by atoms with Crippen LogP contribution in [0.2, 0.25) is 0 Å². The molecule has 140 valence electrons. The van der Waals surface area contributed by atoms with Gasteiger partial charge in [0.15, 0.2) is 5.70 Å². The summed E-state index contributed by atoms with van der Waals surface area (Å²) in [5, 5.41) is 19.1. The van der Waals surface area contributed by atoms with Crippen LogP contribution in [0.3, 0.4) is 0 Å². The van der Waals surface area contributed by atoms with Crippen molar-refractivity contribution in [1.82, 2.24) is 4.90 Å². The predicted octanol–water partition coefficient (Wildman–Crippen LogP) is 1.91. The molecule has 0 aromatic heterocycles. The van der Waals surface area contributed by atoms with Crippen LogP contribution in [0.25, 0.3) is 5.70 Å². The number of nitrogens with one attached hydrogen (secondary N) is 1. The molecule has 5 heteroatoms. The van der Waals surface area contributed by atoms with Gasteiger partial charge in [0.05, 0.1) is 13.7 Å². The Kier molecular flexibility index (Phi) is 6.22. The molecule has 2 aliphatic rings. The topological polar surface area (TPSA) is 81.0 Å². The van der Waals surface area contributed by atoms with Crippen LogP contribution in [0.5, 0.6) is 0 Å². The van der Waals surface area contributed by atoms with Gasteiger partial charge in [-0.15, -0.1) is 0 Å². The molecule has 2 fully saturated rings. The first-order chi connectivity index (χ1) is 12.7. The van der Waals surface area contributed by atoms with E-state index in [-0.39, 0.29) is 12.5 Å². The third-order valence-corrected chi connectivity index (χ3v) is 5.91. The molecule has 1 amide bonds. The molecule has 1 aromatic rings. The summed E-state index contributed by atoms with van der Waals surface area (Å²) >= 11 is 0. The Hall–Kier alpha value is -1.98. The van der Waals surface area contributed by atoms with Crippen LogP contribution in [-0.2, 0) is 11.4 Å². The van der Waals surface area contributed by atoms with Crippen molar-refractivity contribution >= 4 is 17.8 Å². The van der Waals surface area contributed by atoms with Gasteiger partial charge >= 0.3 is 0 Å². The summed E-state index contributed by atoms with van der Waals surface area (Å²) in [6.45, 7) is 0.806. The minimum Gasteiger partial charge on any atom is -0.392 e. The quantitative estimate of drug-likeness (QED) is 0.556. The number of hydrogen-bond acceptors (Lipinski definition) is 3. The van der Waals surface area contributed by atoms with Crippen LogP contribution >= 0.6 is 0 Å². The van der Waals surface area contributed by atoms with Crippen molar-refractivity contribution < 1.29 is 15.2 Å². The molecule has 1 saturated heterocycles. The standard InChI is InChI=1S/C21H29N3O2/c1-23-20(17-10-8-15(14-25)9-11-17)18(13-22)21(26)24-12-4-6-16-5-2-3-7-19(16)24/h8-11,13,16,19,22-23,25H,2-7,12,14H2,1H3/p+1. The molecule has 1 aliphatic heterocycles. The van der Waals surface area contributed by atoms with Crippen molar-refractivity contribution in [3.05, 3.63) is 41.0 Å². The van der Waals surface area contributed by atoms with Crippen molar-refractivity contribution in [2.75, 3.05) is 13.6 Å². The first kappa shape index (κ1) is 18.8. The predicted molar refractivity (Wildman–Crippen MR) is 103 cm³/mol. The average molecular weight is 356 g/mol. The highest BCUT2D eigenvalue weighted by molar-refractivity contribution is 6.16. The lowest BCUT2D eigenvalue weighted by Crippen LogP contribution is -2.77. The Morgan fingerprint density at radius 1 is 1.23 bits per heavy atom. The molecular weight excluding hydrogens is 326 g/mol. The van der Waals surface area contributed by atoms with E-state index in [0.717, 1.165) is 36.2 Å². The third kappa shape index (κ3) is 3.74. The molecule has 2 unspecified atom stereocenters. The molecule has 0 bridgehead atoms. The van der Waals surface area contributed by atoms with Crippen LogP contribution in [-0.4, -0.2) is 41.8 Å². The largest absolute Gasteiger partial charge is 0.392 e. The van der Waals surface area contributed by atoms with E-state index in [0.29, 0.717) is 17.5 Å². The summed E-state index contributed by atoms with van der Waals surface area (Å²) < 4.78 is 0. The highest BCUT2D eigenvalue weighted by Crippen LogP contribution is 2.36. The van der Waals surface area contributed by atoms with E-state index < -0.39 is 0 Å². The Morgan fingerprint density at radius 2 is 1.92 bits per heavy atom. The summed E-state index contributed by atoms with van der Waals surface area (Å²) in [5.74, 6) is 0.627. The van der Waals surface area contributed by atoms with Gasteiger partial charge in [0.1, 0.15) is 5.57 Å². The minimum atomic E-state index is -0.00376. The number of quaternary nitrogens is 1. The summed E-state index contributed by atoms with van der Waals surface area (Å²) in [7, 11) is 1.91. The molecule has 0 spiro atoms. The smallest absolute Gasteiger partial charge is 0.261 e.